The van der Waals surface area contributed by atoms with Crippen molar-refractivity contribution in [1.29, 1.82) is 0 Å². The third-order valence-corrected chi connectivity index (χ3v) is 6.72. The van der Waals surface area contributed by atoms with Gasteiger partial charge in [-0.1, -0.05) is 48.5 Å². The summed E-state index contributed by atoms with van der Waals surface area (Å²) in [4.78, 5) is 37.4. The summed E-state index contributed by atoms with van der Waals surface area (Å²) in [5.41, 5.74) is 5.06. The minimum Gasteiger partial charge on any atom is -0.352 e. The molecule has 8 nitrogen and oxygen atoms in total. The molecule has 1 saturated heterocycles. The number of nitrogens with zero attached hydrogens (tertiary/aromatic N) is 4. The average Bonchev–Trinajstić information content (AvgIpc) is 2.89. The molecule has 184 valence electrons. The van der Waals surface area contributed by atoms with Crippen molar-refractivity contribution in [3.8, 4) is 0 Å². The number of carbonyl (C=O) groups excluding carboxylic acids is 1. The van der Waals surface area contributed by atoms with Gasteiger partial charge in [-0.25, -0.2) is 14.8 Å². The lowest BCUT2D eigenvalue weighted by molar-refractivity contribution is 0.246. The zero-order chi connectivity index (χ0) is 25.1. The Labute approximate surface area is 210 Å². The molecular formula is C28H30N6O2. The van der Waals surface area contributed by atoms with E-state index in [0.29, 0.717) is 36.6 Å². The molecule has 3 heterocycles. The van der Waals surface area contributed by atoms with Gasteiger partial charge < -0.3 is 15.5 Å². The van der Waals surface area contributed by atoms with E-state index in [0.717, 1.165) is 35.2 Å². The molecule has 0 saturated carbocycles. The highest BCUT2D eigenvalue weighted by Crippen LogP contribution is 2.21. The summed E-state index contributed by atoms with van der Waals surface area (Å²) in [6.45, 7) is 5.66. The van der Waals surface area contributed by atoms with Crippen LogP contribution in [0.1, 0.15) is 29.5 Å². The molecule has 36 heavy (non-hydrogen) atoms. The van der Waals surface area contributed by atoms with E-state index in [1.54, 1.807) is 10.8 Å². The van der Waals surface area contributed by atoms with Gasteiger partial charge in [-0.15, -0.1) is 0 Å². The van der Waals surface area contributed by atoms with Crippen molar-refractivity contribution < 1.29 is 4.79 Å². The molecule has 2 aromatic heterocycles. The van der Waals surface area contributed by atoms with Crippen molar-refractivity contribution in [2.24, 2.45) is 0 Å². The zero-order valence-corrected chi connectivity index (χ0v) is 20.6. The van der Waals surface area contributed by atoms with Crippen molar-refractivity contribution in [1.82, 2.24) is 19.9 Å². The van der Waals surface area contributed by atoms with Crippen LogP contribution in [0.3, 0.4) is 0 Å². The SMILES string of the molecule is Cc1cccc(C)c1NC(=O)NC1CCN(c2nc3cccnc3n(Cc3ccccc3)c2=O)CC1. The van der Waals surface area contributed by atoms with E-state index in [1.807, 2.05) is 79.4 Å². The first-order chi connectivity index (χ1) is 17.5. The number of benzene rings is 2. The summed E-state index contributed by atoms with van der Waals surface area (Å²) < 4.78 is 1.70. The van der Waals surface area contributed by atoms with Crippen LogP contribution in [-0.4, -0.2) is 39.7 Å². The van der Waals surface area contributed by atoms with Crippen LogP contribution in [0, 0.1) is 13.8 Å². The maximum Gasteiger partial charge on any atom is 0.319 e. The fourth-order valence-electron chi connectivity index (χ4n) is 4.76. The third-order valence-electron chi connectivity index (χ3n) is 6.72. The Hall–Kier alpha value is -4.20. The van der Waals surface area contributed by atoms with Crippen LogP contribution in [0.4, 0.5) is 16.3 Å². The Morgan fingerprint density at radius 3 is 2.42 bits per heavy atom. The molecule has 0 unspecified atom stereocenters. The smallest absolute Gasteiger partial charge is 0.319 e. The molecule has 8 heteroatoms. The van der Waals surface area contributed by atoms with Crippen LogP contribution in [0.15, 0.2) is 71.7 Å². The molecule has 4 aromatic rings. The molecule has 0 bridgehead atoms. The van der Waals surface area contributed by atoms with Gasteiger partial charge in [-0.05, 0) is 55.5 Å². The van der Waals surface area contributed by atoms with E-state index >= 15 is 0 Å². The summed E-state index contributed by atoms with van der Waals surface area (Å²) in [5, 5.41) is 6.08. The number of rotatable bonds is 5. The highest BCUT2D eigenvalue weighted by atomic mass is 16.2. The van der Waals surface area contributed by atoms with E-state index in [1.165, 1.54) is 0 Å². The number of anilines is 2. The Bertz CT molecular complexity index is 1420. The van der Waals surface area contributed by atoms with Gasteiger partial charge in [-0.2, -0.15) is 0 Å². The van der Waals surface area contributed by atoms with Crippen molar-refractivity contribution >= 4 is 28.7 Å². The molecule has 1 aliphatic rings. The van der Waals surface area contributed by atoms with Crippen LogP contribution in [0.25, 0.3) is 11.2 Å². The minimum atomic E-state index is -0.203. The number of aryl methyl sites for hydroxylation is 2. The Kier molecular flexibility index (Phi) is 6.66. The Morgan fingerprint density at radius 2 is 1.69 bits per heavy atom. The number of para-hydroxylation sites is 1. The molecule has 0 spiro atoms. The first kappa shape index (κ1) is 23.5. The van der Waals surface area contributed by atoms with Crippen LogP contribution in [0.5, 0.6) is 0 Å². The van der Waals surface area contributed by atoms with E-state index in [9.17, 15) is 9.59 Å². The molecule has 0 radical (unpaired) electrons. The molecule has 5 rings (SSSR count). The first-order valence-corrected chi connectivity index (χ1v) is 12.3. The third kappa shape index (κ3) is 4.93. The highest BCUT2D eigenvalue weighted by Gasteiger charge is 2.25. The standard InChI is InChI=1S/C28H30N6O2/c1-19-8-6-9-20(2)24(19)32-28(36)30-22-13-16-33(17-14-22)26-27(35)34(18-21-10-4-3-5-11-21)25-23(31-26)12-7-15-29-25/h3-12,15,22H,13-14,16-18H2,1-2H3,(H2,30,32,36). The summed E-state index contributed by atoms with van der Waals surface area (Å²) in [5.74, 6) is 0.435. The average molecular weight is 483 g/mol. The van der Waals surface area contributed by atoms with Crippen LogP contribution in [0.2, 0.25) is 0 Å². The Balaban J connectivity index is 1.31. The molecule has 2 N–H and O–H groups in total. The summed E-state index contributed by atoms with van der Waals surface area (Å²) in [6, 6.07) is 19.4. The molecule has 1 aliphatic heterocycles. The van der Waals surface area contributed by atoms with Gasteiger partial charge in [0.2, 0.25) is 0 Å². The van der Waals surface area contributed by atoms with E-state index in [-0.39, 0.29) is 17.6 Å². The molecular weight excluding hydrogens is 452 g/mol. The van der Waals surface area contributed by atoms with Gasteiger partial charge >= 0.3 is 6.03 Å². The van der Waals surface area contributed by atoms with Crippen molar-refractivity contribution in [2.45, 2.75) is 39.3 Å². The van der Waals surface area contributed by atoms with Gasteiger partial charge in [0, 0.05) is 31.0 Å². The lowest BCUT2D eigenvalue weighted by Gasteiger charge is -2.33. The first-order valence-electron chi connectivity index (χ1n) is 12.3. The summed E-state index contributed by atoms with van der Waals surface area (Å²) >= 11 is 0. The number of pyridine rings is 1. The minimum absolute atomic E-state index is 0.0271. The fraction of sp³-hybridized carbons (Fsp3) is 0.286. The Morgan fingerprint density at radius 1 is 0.972 bits per heavy atom. The normalized spacial score (nSPS) is 14.1. The van der Waals surface area contributed by atoms with Crippen LogP contribution >= 0.6 is 0 Å². The number of aromatic nitrogens is 3. The van der Waals surface area contributed by atoms with E-state index < -0.39 is 0 Å². The molecule has 2 aromatic carbocycles. The quantitative estimate of drug-likeness (QED) is 0.444. The van der Waals surface area contributed by atoms with Crippen LogP contribution in [-0.2, 0) is 6.54 Å². The molecule has 1 fully saturated rings. The number of hydrogen-bond donors (Lipinski definition) is 2. The number of amides is 2. The number of hydrogen-bond acceptors (Lipinski definition) is 5. The largest absolute Gasteiger partial charge is 0.352 e. The zero-order valence-electron chi connectivity index (χ0n) is 20.6. The van der Waals surface area contributed by atoms with Crippen molar-refractivity contribution in [2.75, 3.05) is 23.3 Å². The van der Waals surface area contributed by atoms with E-state index in [4.69, 9.17) is 4.98 Å². The molecule has 0 aliphatic carbocycles. The van der Waals surface area contributed by atoms with Gasteiger partial charge in [0.05, 0.1) is 6.54 Å². The summed E-state index contributed by atoms with van der Waals surface area (Å²) in [7, 11) is 0. The number of urea groups is 1. The molecule has 0 atom stereocenters. The van der Waals surface area contributed by atoms with Crippen molar-refractivity contribution in [3.05, 3.63) is 93.9 Å². The van der Waals surface area contributed by atoms with Gasteiger partial charge in [0.25, 0.3) is 5.56 Å². The second-order valence-electron chi connectivity index (χ2n) is 9.29. The number of piperidine rings is 1. The molecule has 2 amide bonds. The van der Waals surface area contributed by atoms with Gasteiger partial charge in [-0.3, -0.25) is 9.36 Å². The number of fused-ring (bicyclic) bond motifs is 1. The summed E-state index contributed by atoms with van der Waals surface area (Å²) in [6.07, 6.45) is 3.14. The topological polar surface area (TPSA) is 92.2 Å². The lowest BCUT2D eigenvalue weighted by atomic mass is 10.1. The number of nitrogens with one attached hydrogen (secondary N) is 2. The van der Waals surface area contributed by atoms with Crippen molar-refractivity contribution in [3.63, 3.8) is 0 Å². The van der Waals surface area contributed by atoms with Gasteiger partial charge in [0.1, 0.15) is 5.52 Å². The number of carbonyl (C=O) groups is 1. The second-order valence-corrected chi connectivity index (χ2v) is 9.29. The second kappa shape index (κ2) is 10.2. The fourth-order valence-corrected chi connectivity index (χ4v) is 4.76. The van der Waals surface area contributed by atoms with Gasteiger partial charge in [0.15, 0.2) is 11.5 Å². The predicted octanol–water partition coefficient (Wildman–Crippen LogP) is 4.25. The van der Waals surface area contributed by atoms with Crippen LogP contribution < -0.4 is 21.1 Å². The van der Waals surface area contributed by atoms with E-state index in [2.05, 4.69) is 15.6 Å². The maximum atomic E-state index is 13.6. The predicted molar refractivity (Wildman–Crippen MR) is 143 cm³/mol. The maximum absolute atomic E-state index is 13.6. The monoisotopic (exact) mass is 482 g/mol. The lowest BCUT2D eigenvalue weighted by Crippen LogP contribution is -2.47. The highest BCUT2D eigenvalue weighted by molar-refractivity contribution is 5.91.